The Labute approximate surface area is 318 Å². The van der Waals surface area contributed by atoms with E-state index in [1.807, 2.05) is 37.3 Å². The van der Waals surface area contributed by atoms with Crippen molar-refractivity contribution in [2.45, 2.75) is 132 Å². The number of aliphatic hydroxyl groups excluding tert-OH is 1. The van der Waals surface area contributed by atoms with Crippen LogP contribution in [0.3, 0.4) is 0 Å². The molecule has 10 nitrogen and oxygen atoms in total. The molecule has 292 valence electrons. The van der Waals surface area contributed by atoms with Crippen LogP contribution in [0.2, 0.25) is 0 Å². The fourth-order valence-electron chi connectivity index (χ4n) is 11.3. The molecular weight excluding hydrogens is 688 g/mol. The molecule has 2 aromatic rings. The van der Waals surface area contributed by atoms with E-state index in [1.165, 1.54) is 11.6 Å². The van der Waals surface area contributed by atoms with Crippen molar-refractivity contribution in [3.05, 3.63) is 89.5 Å². The molecule has 3 saturated carbocycles. The zero-order valence-electron chi connectivity index (χ0n) is 32.0. The third-order valence-corrected chi connectivity index (χ3v) is 14.7. The predicted molar refractivity (Wildman–Crippen MR) is 201 cm³/mol. The van der Waals surface area contributed by atoms with Gasteiger partial charge in [-0.3, -0.25) is 0 Å². The van der Waals surface area contributed by atoms with Crippen molar-refractivity contribution in [3.8, 4) is 0 Å². The first-order valence-corrected chi connectivity index (χ1v) is 19.5. The van der Waals surface area contributed by atoms with Gasteiger partial charge in [0.05, 0.1) is 29.3 Å². The Kier molecular flexibility index (Phi) is 10.3. The highest BCUT2D eigenvalue weighted by Gasteiger charge is 2.81. The van der Waals surface area contributed by atoms with Gasteiger partial charge >= 0.3 is 11.9 Å². The molecule has 13 atom stereocenters. The van der Waals surface area contributed by atoms with Crippen LogP contribution in [0.1, 0.15) is 95.0 Å². The second-order valence-corrected chi connectivity index (χ2v) is 17.0. The number of carbonyl (C=O) groups excluding carboxylic acids is 2. The number of fused-ring (bicyclic) bond motifs is 5. The SMILES string of the molecule is CO[C@H]1C[C@H]([C@H]2CC[C@@]3(C)C(=CC[C@]4(O)[C@@H]3CC(OC(=O)c3ccccc3)[C@@]3(C)[C@]4(O)CC[C@]3(O)C(C)OC(=O)/C=C/c3ccccc3)C2)O[C@H](C)[C@H]1O. The molecule has 4 aliphatic carbocycles. The largest absolute Gasteiger partial charge is 0.458 e. The van der Waals surface area contributed by atoms with Crippen LogP contribution < -0.4 is 0 Å². The first-order chi connectivity index (χ1) is 25.6. The summed E-state index contributed by atoms with van der Waals surface area (Å²) in [5.41, 5.74) is -5.38. The molecule has 0 aromatic heterocycles. The minimum absolute atomic E-state index is 0.00431. The van der Waals surface area contributed by atoms with E-state index >= 15 is 0 Å². The zero-order valence-corrected chi connectivity index (χ0v) is 32.0. The number of hydrogen-bond donors (Lipinski definition) is 4. The van der Waals surface area contributed by atoms with Crippen molar-refractivity contribution in [2.24, 2.45) is 22.7 Å². The third kappa shape index (κ3) is 5.99. The maximum absolute atomic E-state index is 13.9. The lowest BCUT2D eigenvalue weighted by atomic mass is 9.42. The minimum atomic E-state index is -1.93. The van der Waals surface area contributed by atoms with Crippen LogP contribution in [0.25, 0.3) is 6.08 Å². The Morgan fingerprint density at radius 2 is 1.65 bits per heavy atom. The number of hydrogen-bond acceptors (Lipinski definition) is 10. The van der Waals surface area contributed by atoms with E-state index < -0.39 is 63.8 Å². The standard InChI is InChI=1S/C44H56O10/c1-27-38(46)34(51-5)25-33(52-27)31-18-20-40(3)32(24-31)19-21-43(49)35(40)26-36(54-39(47)30-14-10-7-11-15-30)41(4)42(48,22-23-44(41,43)50)28(2)53-37(45)17-16-29-12-8-6-9-13-29/h6-17,19,27-28,31,33-36,38,46,48-50H,18,20-26H2,1-5H3/b17-16+/t27-,28?,31+,33-,34+,35-,36?,38-,40+,41-,42+,43+,44-/m1/s1. The Bertz CT molecular complexity index is 1760. The van der Waals surface area contributed by atoms with E-state index in [2.05, 4.69) is 13.0 Å². The lowest BCUT2D eigenvalue weighted by Gasteiger charge is -2.67. The molecule has 4 fully saturated rings. The number of benzene rings is 2. The molecule has 0 amide bonds. The van der Waals surface area contributed by atoms with Gasteiger partial charge in [0.15, 0.2) is 0 Å². The molecule has 10 heteroatoms. The molecule has 0 spiro atoms. The fraction of sp³-hybridized carbons (Fsp3) is 0.591. The first-order valence-electron chi connectivity index (χ1n) is 19.5. The highest BCUT2D eigenvalue weighted by molar-refractivity contribution is 5.89. The number of aliphatic hydroxyl groups is 4. The highest BCUT2D eigenvalue weighted by Crippen LogP contribution is 2.71. The van der Waals surface area contributed by atoms with E-state index in [9.17, 15) is 30.0 Å². The molecule has 0 bridgehead atoms. The number of allylic oxidation sites excluding steroid dienone is 1. The fourth-order valence-corrected chi connectivity index (χ4v) is 11.3. The summed E-state index contributed by atoms with van der Waals surface area (Å²) in [6.45, 7) is 7.29. The summed E-state index contributed by atoms with van der Waals surface area (Å²) in [4.78, 5) is 27.0. The summed E-state index contributed by atoms with van der Waals surface area (Å²) < 4.78 is 24.2. The van der Waals surface area contributed by atoms with Crippen molar-refractivity contribution in [1.29, 1.82) is 0 Å². The third-order valence-electron chi connectivity index (χ3n) is 14.7. The maximum atomic E-state index is 13.9. The molecule has 1 saturated heterocycles. The molecule has 1 aliphatic heterocycles. The average Bonchev–Trinajstić information content (AvgIpc) is 3.40. The summed E-state index contributed by atoms with van der Waals surface area (Å²) in [5, 5.41) is 49.7. The van der Waals surface area contributed by atoms with Crippen LogP contribution in [-0.4, -0.2) is 92.9 Å². The number of carbonyl (C=O) groups is 2. The maximum Gasteiger partial charge on any atom is 0.338 e. The number of methoxy groups -OCH3 is 1. The summed E-state index contributed by atoms with van der Waals surface area (Å²) in [6, 6.07) is 17.9. The molecular formula is C44H56O10. The summed E-state index contributed by atoms with van der Waals surface area (Å²) in [5.74, 6) is -1.61. The lowest BCUT2D eigenvalue weighted by molar-refractivity contribution is -0.324. The van der Waals surface area contributed by atoms with Crippen LogP contribution >= 0.6 is 0 Å². The highest BCUT2D eigenvalue weighted by atomic mass is 16.6. The zero-order chi connectivity index (χ0) is 38.7. The monoisotopic (exact) mass is 744 g/mol. The average molecular weight is 745 g/mol. The van der Waals surface area contributed by atoms with Crippen molar-refractivity contribution >= 4 is 18.0 Å². The van der Waals surface area contributed by atoms with Gasteiger partial charge in [-0.15, -0.1) is 0 Å². The molecule has 4 N–H and O–H groups in total. The van der Waals surface area contributed by atoms with Crippen LogP contribution in [0.5, 0.6) is 0 Å². The van der Waals surface area contributed by atoms with Crippen LogP contribution in [0.4, 0.5) is 0 Å². The van der Waals surface area contributed by atoms with Crippen molar-refractivity contribution < 1.29 is 49.0 Å². The van der Waals surface area contributed by atoms with Crippen LogP contribution in [0, 0.1) is 22.7 Å². The van der Waals surface area contributed by atoms with E-state index in [0.29, 0.717) is 18.4 Å². The van der Waals surface area contributed by atoms with Gasteiger partial charge in [0.2, 0.25) is 0 Å². The van der Waals surface area contributed by atoms with Crippen LogP contribution in [-0.2, 0) is 23.7 Å². The van der Waals surface area contributed by atoms with Crippen molar-refractivity contribution in [3.63, 3.8) is 0 Å². The second kappa shape index (κ2) is 14.3. The van der Waals surface area contributed by atoms with E-state index in [4.69, 9.17) is 18.9 Å². The smallest absolute Gasteiger partial charge is 0.338 e. The normalized spacial score (nSPS) is 42.2. The number of ether oxygens (including phenoxy) is 4. The summed E-state index contributed by atoms with van der Waals surface area (Å²) in [6.07, 6.45) is 4.49. The van der Waals surface area contributed by atoms with Crippen LogP contribution in [0.15, 0.2) is 78.4 Å². The molecule has 7 rings (SSSR count). The lowest BCUT2D eigenvalue weighted by Crippen LogP contribution is -2.78. The van der Waals surface area contributed by atoms with Gasteiger partial charge in [0.25, 0.3) is 0 Å². The summed E-state index contributed by atoms with van der Waals surface area (Å²) in [7, 11) is 1.62. The minimum Gasteiger partial charge on any atom is -0.458 e. The van der Waals surface area contributed by atoms with E-state index in [-0.39, 0.29) is 49.9 Å². The van der Waals surface area contributed by atoms with Gasteiger partial charge in [-0.2, -0.15) is 0 Å². The Morgan fingerprint density at radius 1 is 0.963 bits per heavy atom. The topological polar surface area (TPSA) is 152 Å². The van der Waals surface area contributed by atoms with E-state index in [1.54, 1.807) is 57.4 Å². The molecule has 2 aromatic carbocycles. The molecule has 2 unspecified atom stereocenters. The van der Waals surface area contributed by atoms with Crippen molar-refractivity contribution in [1.82, 2.24) is 0 Å². The Morgan fingerprint density at radius 3 is 2.33 bits per heavy atom. The molecule has 54 heavy (non-hydrogen) atoms. The predicted octanol–water partition coefficient (Wildman–Crippen LogP) is 5.56. The van der Waals surface area contributed by atoms with Crippen molar-refractivity contribution in [2.75, 3.05) is 7.11 Å². The second-order valence-electron chi connectivity index (χ2n) is 17.0. The van der Waals surface area contributed by atoms with E-state index in [0.717, 1.165) is 18.4 Å². The van der Waals surface area contributed by atoms with Gasteiger partial charge in [-0.05, 0) is 93.9 Å². The quantitative estimate of drug-likeness (QED) is 0.154. The molecule has 5 aliphatic rings. The van der Waals surface area contributed by atoms with Gasteiger partial charge in [0, 0.05) is 25.5 Å². The number of esters is 2. The van der Waals surface area contributed by atoms with Gasteiger partial charge in [-0.1, -0.05) is 74.0 Å². The number of rotatable bonds is 8. The van der Waals surface area contributed by atoms with Gasteiger partial charge in [0.1, 0.15) is 35.1 Å². The Hall–Kier alpha value is -3.38. The van der Waals surface area contributed by atoms with Gasteiger partial charge < -0.3 is 39.4 Å². The molecule has 1 heterocycles. The molecule has 0 radical (unpaired) electrons. The summed E-state index contributed by atoms with van der Waals surface area (Å²) >= 11 is 0. The Balaban J connectivity index is 1.22. The first kappa shape index (κ1) is 38.9. The van der Waals surface area contributed by atoms with Gasteiger partial charge in [-0.25, -0.2) is 9.59 Å².